The number of aliphatic imine (C=N–C) groups is 2. The zero-order chi connectivity index (χ0) is 32.8. The van der Waals surface area contributed by atoms with E-state index in [2.05, 4.69) is 30.9 Å². The number of nitrogens with zero attached hydrogens (tertiary/aromatic N) is 2. The highest BCUT2D eigenvalue weighted by molar-refractivity contribution is 5.94. The molecule has 5 unspecified atom stereocenters. The first-order valence-corrected chi connectivity index (χ1v) is 14.0. The molecule has 0 radical (unpaired) electrons. The normalized spacial score (nSPS) is 14.3. The highest BCUT2D eigenvalue weighted by atomic mass is 16.4. The van der Waals surface area contributed by atoms with Crippen LogP contribution >= 0.6 is 0 Å². The summed E-state index contributed by atoms with van der Waals surface area (Å²) in [5.74, 6) is -3.93. The van der Waals surface area contributed by atoms with Crippen LogP contribution in [-0.4, -0.2) is 94.2 Å². The number of guanidine groups is 2. The maximum Gasteiger partial charge on any atom is 0.326 e. The van der Waals surface area contributed by atoms with Gasteiger partial charge in [-0.1, -0.05) is 18.2 Å². The smallest absolute Gasteiger partial charge is 0.326 e. The summed E-state index contributed by atoms with van der Waals surface area (Å²) in [6, 6.07) is 2.23. The Hall–Kier alpha value is -4.90. The van der Waals surface area contributed by atoms with Gasteiger partial charge in [-0.3, -0.25) is 24.4 Å². The van der Waals surface area contributed by atoms with Crippen molar-refractivity contribution in [2.45, 2.75) is 69.3 Å². The topological polar surface area (TPSA) is 315 Å². The predicted octanol–water partition coefficient (Wildman–Crippen LogP) is -2.94. The van der Waals surface area contributed by atoms with Crippen LogP contribution in [0.3, 0.4) is 0 Å². The van der Waals surface area contributed by atoms with Crippen molar-refractivity contribution < 1.29 is 29.4 Å². The summed E-state index contributed by atoms with van der Waals surface area (Å²) in [6.45, 7) is 1.66. The summed E-state index contributed by atoms with van der Waals surface area (Å²) >= 11 is 0. The standard InChI is InChI=1S/C27H43N11O6/c1-14(39)21(38-22(40)17(28)7-4-10-33-26(29)30)24(42)36-19(9-5-11-34-27(31)32)23(41)37-20(25(43)44)12-15-13-35-18-8-3-2-6-16(15)18/h2-3,6,8,13-14,17,19-21,35,39H,4-5,7,9-12,28H2,1H3,(H,36,42)(H,37,41)(H,38,40)(H,43,44)(H4,29,30,33)(H4,31,32,34). The fourth-order valence-corrected chi connectivity index (χ4v) is 4.34. The van der Waals surface area contributed by atoms with Crippen LogP contribution in [0.1, 0.15) is 38.2 Å². The van der Waals surface area contributed by atoms with Gasteiger partial charge >= 0.3 is 5.97 Å². The number of carbonyl (C=O) groups excluding carboxylic acids is 3. The van der Waals surface area contributed by atoms with Gasteiger partial charge in [-0.15, -0.1) is 0 Å². The summed E-state index contributed by atoms with van der Waals surface area (Å²) in [5.41, 5.74) is 28.7. The molecule has 0 aliphatic carbocycles. The molecule has 2 aromatic rings. The number of benzene rings is 1. The van der Waals surface area contributed by atoms with E-state index in [0.717, 1.165) is 10.9 Å². The molecule has 16 N–H and O–H groups in total. The molecular formula is C27H43N11O6. The number of amides is 3. The van der Waals surface area contributed by atoms with E-state index in [1.54, 1.807) is 6.20 Å². The van der Waals surface area contributed by atoms with Crippen LogP contribution in [0.5, 0.6) is 0 Å². The molecule has 0 saturated heterocycles. The van der Waals surface area contributed by atoms with E-state index in [9.17, 15) is 29.4 Å². The number of carboxylic acids is 1. The number of H-pyrrole nitrogens is 1. The van der Waals surface area contributed by atoms with E-state index >= 15 is 0 Å². The zero-order valence-corrected chi connectivity index (χ0v) is 24.5. The molecule has 1 heterocycles. The minimum Gasteiger partial charge on any atom is -0.480 e. The number of aliphatic carboxylic acids is 1. The molecular weight excluding hydrogens is 574 g/mol. The quantitative estimate of drug-likeness (QED) is 0.0456. The van der Waals surface area contributed by atoms with Crippen LogP contribution in [0.4, 0.5) is 0 Å². The van der Waals surface area contributed by atoms with Crippen molar-refractivity contribution in [1.29, 1.82) is 0 Å². The van der Waals surface area contributed by atoms with Crippen molar-refractivity contribution in [3.8, 4) is 0 Å². The third kappa shape index (κ3) is 11.4. The molecule has 5 atom stereocenters. The van der Waals surface area contributed by atoms with Gasteiger partial charge in [0, 0.05) is 36.6 Å². The number of fused-ring (bicyclic) bond motifs is 1. The molecule has 0 fully saturated rings. The highest BCUT2D eigenvalue weighted by Gasteiger charge is 2.32. The van der Waals surface area contributed by atoms with E-state index in [0.29, 0.717) is 12.0 Å². The molecule has 44 heavy (non-hydrogen) atoms. The SMILES string of the molecule is CC(O)C(NC(=O)C(N)CCCN=C(N)N)C(=O)NC(CCCN=C(N)N)C(=O)NC(Cc1c[nH]c2ccccc12)C(=O)O. The number of nitrogens with one attached hydrogen (secondary N) is 4. The fourth-order valence-electron chi connectivity index (χ4n) is 4.34. The molecule has 1 aromatic heterocycles. The van der Waals surface area contributed by atoms with Gasteiger partial charge in [0.25, 0.3) is 0 Å². The van der Waals surface area contributed by atoms with Crippen molar-refractivity contribution >= 4 is 46.5 Å². The van der Waals surface area contributed by atoms with Crippen LogP contribution in [0.15, 0.2) is 40.4 Å². The number of aromatic amines is 1. The molecule has 0 spiro atoms. The molecule has 2 rings (SSSR count). The number of aliphatic hydroxyl groups excluding tert-OH is 1. The van der Waals surface area contributed by atoms with Gasteiger partial charge < -0.3 is 59.8 Å². The average molecular weight is 618 g/mol. The molecule has 0 aliphatic rings. The van der Waals surface area contributed by atoms with Crippen molar-refractivity contribution in [3.63, 3.8) is 0 Å². The molecule has 242 valence electrons. The maximum atomic E-state index is 13.4. The van der Waals surface area contributed by atoms with E-state index in [1.807, 2.05) is 24.3 Å². The van der Waals surface area contributed by atoms with Crippen molar-refractivity contribution in [1.82, 2.24) is 20.9 Å². The van der Waals surface area contributed by atoms with Crippen LogP contribution < -0.4 is 44.6 Å². The van der Waals surface area contributed by atoms with Crippen LogP contribution in [-0.2, 0) is 25.6 Å². The second kappa shape index (κ2) is 17.3. The summed E-state index contributed by atoms with van der Waals surface area (Å²) in [6.07, 6.45) is 1.10. The Kier molecular flexibility index (Phi) is 13.9. The minimum atomic E-state index is -1.47. The molecule has 0 saturated carbocycles. The monoisotopic (exact) mass is 617 g/mol. The van der Waals surface area contributed by atoms with Gasteiger partial charge in [0.05, 0.1) is 12.1 Å². The average Bonchev–Trinajstić information content (AvgIpc) is 3.36. The first-order valence-electron chi connectivity index (χ1n) is 14.0. The van der Waals surface area contributed by atoms with Gasteiger partial charge in [-0.25, -0.2) is 4.79 Å². The Labute approximate surface area is 254 Å². The first kappa shape index (κ1) is 35.3. The van der Waals surface area contributed by atoms with E-state index in [-0.39, 0.29) is 50.7 Å². The lowest BCUT2D eigenvalue weighted by Gasteiger charge is -2.26. The molecule has 1 aromatic carbocycles. The fraction of sp³-hybridized carbons (Fsp3) is 0.481. The Morgan fingerprint density at radius 1 is 0.864 bits per heavy atom. The molecule has 3 amide bonds. The summed E-state index contributed by atoms with van der Waals surface area (Å²) in [4.78, 5) is 62.1. The summed E-state index contributed by atoms with van der Waals surface area (Å²) in [5, 5.41) is 28.4. The number of aromatic nitrogens is 1. The maximum absolute atomic E-state index is 13.4. The highest BCUT2D eigenvalue weighted by Crippen LogP contribution is 2.19. The minimum absolute atomic E-state index is 0.0125. The van der Waals surface area contributed by atoms with Gasteiger partial charge in [0.1, 0.15) is 18.1 Å². The Balaban J connectivity index is 2.15. The van der Waals surface area contributed by atoms with Gasteiger partial charge in [0.2, 0.25) is 17.7 Å². The number of rotatable bonds is 18. The van der Waals surface area contributed by atoms with E-state index in [4.69, 9.17) is 28.7 Å². The number of para-hydroxylation sites is 1. The molecule has 17 nitrogen and oxygen atoms in total. The second-order valence-corrected chi connectivity index (χ2v) is 10.3. The van der Waals surface area contributed by atoms with E-state index in [1.165, 1.54) is 6.92 Å². The number of nitrogens with two attached hydrogens (primary N) is 5. The lowest BCUT2D eigenvalue weighted by Crippen LogP contribution is -2.59. The van der Waals surface area contributed by atoms with Gasteiger partial charge in [-0.05, 0) is 44.2 Å². The summed E-state index contributed by atoms with van der Waals surface area (Å²) < 4.78 is 0. The second-order valence-electron chi connectivity index (χ2n) is 10.3. The largest absolute Gasteiger partial charge is 0.480 e. The zero-order valence-electron chi connectivity index (χ0n) is 24.5. The molecule has 0 aliphatic heterocycles. The van der Waals surface area contributed by atoms with Crippen molar-refractivity contribution in [2.75, 3.05) is 13.1 Å². The van der Waals surface area contributed by atoms with Crippen LogP contribution in [0.25, 0.3) is 10.9 Å². The Morgan fingerprint density at radius 3 is 2.05 bits per heavy atom. The van der Waals surface area contributed by atoms with Crippen molar-refractivity contribution in [2.24, 2.45) is 38.7 Å². The molecule has 17 heteroatoms. The third-order valence-corrected chi connectivity index (χ3v) is 6.66. The number of carbonyl (C=O) groups is 4. The lowest BCUT2D eigenvalue weighted by atomic mass is 10.0. The van der Waals surface area contributed by atoms with Crippen molar-refractivity contribution in [3.05, 3.63) is 36.0 Å². The predicted molar refractivity (Wildman–Crippen MR) is 165 cm³/mol. The number of hydrogen-bond donors (Lipinski definition) is 11. The Morgan fingerprint density at radius 2 is 1.45 bits per heavy atom. The number of carboxylic acid groups (broad SMARTS) is 1. The van der Waals surface area contributed by atoms with Gasteiger partial charge in [0.15, 0.2) is 11.9 Å². The number of aliphatic hydroxyl groups is 1. The Bertz CT molecular complexity index is 1330. The van der Waals surface area contributed by atoms with Gasteiger partial charge in [-0.2, -0.15) is 0 Å². The third-order valence-electron chi connectivity index (χ3n) is 6.66. The summed E-state index contributed by atoms with van der Waals surface area (Å²) in [7, 11) is 0. The number of hydrogen-bond acceptors (Lipinski definition) is 8. The van der Waals surface area contributed by atoms with Crippen LogP contribution in [0.2, 0.25) is 0 Å². The lowest BCUT2D eigenvalue weighted by molar-refractivity contribution is -0.142. The first-order chi connectivity index (χ1) is 20.8. The molecule has 0 bridgehead atoms. The van der Waals surface area contributed by atoms with E-state index < -0.39 is 54.0 Å². The van der Waals surface area contributed by atoms with Crippen LogP contribution in [0, 0.1) is 0 Å².